The molecule has 0 aromatic carbocycles. The number of hydrogen-bond donors (Lipinski definition) is 2. The zero-order chi connectivity index (χ0) is 7.68. The fourth-order valence-electron chi connectivity index (χ4n) is 2.06. The third-order valence-electron chi connectivity index (χ3n) is 2.91. The van der Waals surface area contributed by atoms with Crippen molar-refractivity contribution >= 4 is 0 Å². The topological polar surface area (TPSA) is 24.1 Å². The van der Waals surface area contributed by atoms with Crippen molar-refractivity contribution in [2.75, 3.05) is 7.05 Å². The van der Waals surface area contributed by atoms with E-state index in [1.165, 1.54) is 32.1 Å². The molecular formula is C9H18N2. The molecule has 2 N–H and O–H groups in total. The van der Waals surface area contributed by atoms with Gasteiger partial charge in [-0.05, 0) is 32.7 Å². The minimum Gasteiger partial charge on any atom is -0.315 e. The second-order valence-electron chi connectivity index (χ2n) is 3.87. The van der Waals surface area contributed by atoms with E-state index < -0.39 is 0 Å². The van der Waals surface area contributed by atoms with Gasteiger partial charge in [0.1, 0.15) is 0 Å². The van der Waals surface area contributed by atoms with Crippen LogP contribution < -0.4 is 10.6 Å². The summed E-state index contributed by atoms with van der Waals surface area (Å²) in [6.45, 7) is 0. The smallest absolute Gasteiger partial charge is 0.0223 e. The lowest BCUT2D eigenvalue weighted by atomic mass is 10.2. The molecule has 0 unspecified atom stereocenters. The Labute approximate surface area is 68.7 Å². The first kappa shape index (κ1) is 7.56. The Morgan fingerprint density at radius 3 is 2.36 bits per heavy atom. The molecule has 0 aliphatic heterocycles. The summed E-state index contributed by atoms with van der Waals surface area (Å²) in [6, 6.07) is 2.39. The molecule has 0 spiro atoms. The summed E-state index contributed by atoms with van der Waals surface area (Å²) in [7, 11) is 2.08. The molecule has 0 heterocycles. The van der Waals surface area contributed by atoms with Crippen molar-refractivity contribution in [1.82, 2.24) is 10.6 Å². The number of rotatable bonds is 3. The van der Waals surface area contributed by atoms with Crippen molar-refractivity contribution in [3.63, 3.8) is 0 Å². The molecule has 2 atom stereocenters. The lowest BCUT2D eigenvalue weighted by Gasteiger charge is -2.19. The zero-order valence-corrected chi connectivity index (χ0v) is 7.27. The first-order chi connectivity index (χ1) is 5.40. The molecule has 2 nitrogen and oxygen atoms in total. The van der Waals surface area contributed by atoms with E-state index in [0.717, 1.165) is 18.1 Å². The van der Waals surface area contributed by atoms with Crippen molar-refractivity contribution in [2.24, 2.45) is 0 Å². The summed E-state index contributed by atoms with van der Waals surface area (Å²) in [6.07, 6.45) is 6.96. The highest BCUT2D eigenvalue weighted by molar-refractivity contribution is 4.93. The van der Waals surface area contributed by atoms with E-state index in [4.69, 9.17) is 0 Å². The average Bonchev–Trinajstić information content (AvgIpc) is 2.68. The van der Waals surface area contributed by atoms with E-state index >= 15 is 0 Å². The number of likely N-dealkylation sites (N-methyl/N-ethyl adjacent to an activating group) is 1. The summed E-state index contributed by atoms with van der Waals surface area (Å²) in [5, 5.41) is 7.08. The summed E-state index contributed by atoms with van der Waals surface area (Å²) in [5.74, 6) is 0. The van der Waals surface area contributed by atoms with Gasteiger partial charge >= 0.3 is 0 Å². The Balaban J connectivity index is 1.79. The average molecular weight is 154 g/mol. The van der Waals surface area contributed by atoms with Gasteiger partial charge in [-0.2, -0.15) is 0 Å². The fourth-order valence-corrected chi connectivity index (χ4v) is 2.06. The summed E-state index contributed by atoms with van der Waals surface area (Å²) < 4.78 is 0. The van der Waals surface area contributed by atoms with Gasteiger partial charge in [0, 0.05) is 18.1 Å². The largest absolute Gasteiger partial charge is 0.315 e. The van der Waals surface area contributed by atoms with Crippen LogP contribution in [-0.4, -0.2) is 25.2 Å². The van der Waals surface area contributed by atoms with Gasteiger partial charge in [-0.1, -0.05) is 6.42 Å². The van der Waals surface area contributed by atoms with Crippen molar-refractivity contribution in [3.8, 4) is 0 Å². The molecule has 2 rings (SSSR count). The Hall–Kier alpha value is -0.0800. The van der Waals surface area contributed by atoms with Gasteiger partial charge in [-0.25, -0.2) is 0 Å². The van der Waals surface area contributed by atoms with Crippen LogP contribution in [0.4, 0.5) is 0 Å². The standard InChI is InChI=1S/C9H18N2/c1-10-8-3-2-4-9(8)11-7-5-6-7/h7-11H,2-6H2,1H3/t8-,9-/m0/s1. The van der Waals surface area contributed by atoms with Gasteiger partial charge in [0.25, 0.3) is 0 Å². The van der Waals surface area contributed by atoms with Gasteiger partial charge < -0.3 is 10.6 Å². The molecule has 2 saturated carbocycles. The predicted octanol–water partition coefficient (Wildman–Crippen LogP) is 0.879. The van der Waals surface area contributed by atoms with Gasteiger partial charge in [-0.3, -0.25) is 0 Å². The van der Waals surface area contributed by atoms with Crippen LogP contribution in [0.15, 0.2) is 0 Å². The van der Waals surface area contributed by atoms with Crippen LogP contribution in [0.25, 0.3) is 0 Å². The van der Waals surface area contributed by atoms with E-state index in [2.05, 4.69) is 17.7 Å². The van der Waals surface area contributed by atoms with E-state index in [0.29, 0.717) is 0 Å². The molecule has 64 valence electrons. The van der Waals surface area contributed by atoms with Gasteiger partial charge in [-0.15, -0.1) is 0 Å². The maximum absolute atomic E-state index is 3.69. The highest BCUT2D eigenvalue weighted by atomic mass is 15.1. The molecule has 2 aliphatic carbocycles. The molecule has 0 aromatic rings. The zero-order valence-electron chi connectivity index (χ0n) is 7.27. The highest BCUT2D eigenvalue weighted by Crippen LogP contribution is 2.25. The number of nitrogens with one attached hydrogen (secondary N) is 2. The molecular weight excluding hydrogens is 136 g/mol. The minimum atomic E-state index is 0.746. The maximum Gasteiger partial charge on any atom is 0.0223 e. The van der Waals surface area contributed by atoms with Crippen LogP contribution in [0, 0.1) is 0 Å². The van der Waals surface area contributed by atoms with Gasteiger partial charge in [0.05, 0.1) is 0 Å². The quantitative estimate of drug-likeness (QED) is 0.630. The van der Waals surface area contributed by atoms with Crippen LogP contribution >= 0.6 is 0 Å². The molecule has 2 heteroatoms. The Bertz CT molecular complexity index is 132. The predicted molar refractivity (Wildman–Crippen MR) is 46.6 cm³/mol. The molecule has 11 heavy (non-hydrogen) atoms. The van der Waals surface area contributed by atoms with Crippen molar-refractivity contribution < 1.29 is 0 Å². The molecule has 2 aliphatic rings. The molecule has 0 radical (unpaired) electrons. The molecule has 2 fully saturated rings. The summed E-state index contributed by atoms with van der Waals surface area (Å²) >= 11 is 0. The summed E-state index contributed by atoms with van der Waals surface area (Å²) in [4.78, 5) is 0. The van der Waals surface area contributed by atoms with Gasteiger partial charge in [0.15, 0.2) is 0 Å². The third kappa shape index (κ3) is 1.74. The van der Waals surface area contributed by atoms with E-state index in [9.17, 15) is 0 Å². The van der Waals surface area contributed by atoms with Gasteiger partial charge in [0.2, 0.25) is 0 Å². The van der Waals surface area contributed by atoms with Crippen molar-refractivity contribution in [1.29, 1.82) is 0 Å². The fraction of sp³-hybridized carbons (Fsp3) is 1.00. The molecule has 0 bridgehead atoms. The Kier molecular flexibility index (Phi) is 2.14. The van der Waals surface area contributed by atoms with Crippen LogP contribution in [0.2, 0.25) is 0 Å². The molecule has 0 amide bonds. The first-order valence-electron chi connectivity index (χ1n) is 4.83. The minimum absolute atomic E-state index is 0.746. The number of hydrogen-bond acceptors (Lipinski definition) is 2. The lowest BCUT2D eigenvalue weighted by Crippen LogP contribution is -2.43. The van der Waals surface area contributed by atoms with Crippen LogP contribution in [0.5, 0.6) is 0 Å². The maximum atomic E-state index is 3.69. The van der Waals surface area contributed by atoms with E-state index in [1.54, 1.807) is 0 Å². The molecule has 0 aromatic heterocycles. The lowest BCUT2D eigenvalue weighted by molar-refractivity contribution is 0.429. The normalized spacial score (nSPS) is 37.9. The third-order valence-corrected chi connectivity index (χ3v) is 2.91. The molecule has 0 saturated heterocycles. The van der Waals surface area contributed by atoms with Crippen molar-refractivity contribution in [2.45, 2.75) is 50.2 Å². The SMILES string of the molecule is CN[C@H]1CCC[C@@H]1NC1CC1. The second-order valence-corrected chi connectivity index (χ2v) is 3.87. The van der Waals surface area contributed by atoms with Crippen LogP contribution in [-0.2, 0) is 0 Å². The van der Waals surface area contributed by atoms with Crippen LogP contribution in [0.3, 0.4) is 0 Å². The Morgan fingerprint density at radius 1 is 1.00 bits per heavy atom. The highest BCUT2D eigenvalue weighted by Gasteiger charge is 2.31. The van der Waals surface area contributed by atoms with Crippen molar-refractivity contribution in [3.05, 3.63) is 0 Å². The second kappa shape index (κ2) is 3.11. The van der Waals surface area contributed by atoms with E-state index in [1.807, 2.05) is 0 Å². The monoisotopic (exact) mass is 154 g/mol. The Morgan fingerprint density at radius 2 is 1.73 bits per heavy atom. The van der Waals surface area contributed by atoms with E-state index in [-0.39, 0.29) is 0 Å². The van der Waals surface area contributed by atoms with Crippen LogP contribution in [0.1, 0.15) is 32.1 Å². The summed E-state index contributed by atoms with van der Waals surface area (Å²) in [5.41, 5.74) is 0. The first-order valence-corrected chi connectivity index (χ1v) is 4.83.